The number of hydrogen-bond donors (Lipinski definition) is 1. The van der Waals surface area contributed by atoms with E-state index in [1.54, 1.807) is 10.6 Å². The molecule has 0 atom stereocenters. The zero-order chi connectivity index (χ0) is 19.4. The minimum absolute atomic E-state index is 0.0642. The molecule has 0 aliphatic heterocycles. The van der Waals surface area contributed by atoms with Gasteiger partial charge in [0.15, 0.2) is 11.5 Å². The first-order chi connectivity index (χ1) is 13.0. The lowest BCUT2D eigenvalue weighted by Crippen LogP contribution is -2.18. The third-order valence-corrected chi connectivity index (χ3v) is 4.55. The van der Waals surface area contributed by atoms with Gasteiger partial charge in [-0.2, -0.15) is 4.98 Å². The molecule has 0 fully saturated rings. The lowest BCUT2D eigenvalue weighted by molar-refractivity contribution is 0.778. The van der Waals surface area contributed by atoms with Crippen molar-refractivity contribution in [2.24, 2.45) is 9.98 Å². The normalized spacial score (nSPS) is 10.4. The molecule has 3 aromatic rings. The van der Waals surface area contributed by atoms with E-state index < -0.39 is 5.56 Å². The van der Waals surface area contributed by atoms with Crippen LogP contribution in [0.15, 0.2) is 63.3 Å². The molecule has 136 valence electrons. The van der Waals surface area contributed by atoms with Crippen LogP contribution in [0, 0.1) is 6.92 Å². The topological polar surface area (TPSA) is 71.6 Å². The van der Waals surface area contributed by atoms with Crippen LogP contribution in [-0.4, -0.2) is 23.0 Å². The van der Waals surface area contributed by atoms with Crippen LogP contribution in [0.3, 0.4) is 0 Å². The molecule has 7 heteroatoms. The van der Waals surface area contributed by atoms with E-state index in [1.165, 1.54) is 0 Å². The Kier molecular flexibility index (Phi) is 5.47. The molecular weight excluding hydrogens is 362 g/mol. The molecule has 0 unspecified atom stereocenters. The molecule has 1 heterocycles. The lowest BCUT2D eigenvalue weighted by atomic mass is 10.2. The number of aliphatic imine (C=N–C) groups is 2. The molecule has 0 spiro atoms. The highest BCUT2D eigenvalue weighted by atomic mass is 35.5. The second kappa shape index (κ2) is 7.97. The summed E-state index contributed by atoms with van der Waals surface area (Å²) >= 11 is 6.21. The average Bonchev–Trinajstić information content (AvgIpc) is 2.67. The summed E-state index contributed by atoms with van der Waals surface area (Å²) in [6.07, 6.45) is 0. The molecule has 3 rings (SSSR count). The van der Waals surface area contributed by atoms with Crippen molar-refractivity contribution in [2.45, 2.75) is 13.5 Å². The molecule has 2 aromatic carbocycles. The predicted molar refractivity (Wildman–Crippen MR) is 112 cm³/mol. The van der Waals surface area contributed by atoms with Gasteiger partial charge in [-0.3, -0.25) is 14.4 Å². The molecule has 6 nitrogen and oxygen atoms in total. The van der Waals surface area contributed by atoms with Gasteiger partial charge in [-0.15, -0.1) is 0 Å². The van der Waals surface area contributed by atoms with Crippen molar-refractivity contribution in [3.63, 3.8) is 0 Å². The van der Waals surface area contributed by atoms with Gasteiger partial charge in [0.05, 0.1) is 6.54 Å². The standard InChI is InChI=1S/C20H18ClN5O/c1-13-15(21)10-7-11-16(13)24-20-25-19(27)17(22-2)18(23-3)26(20)12-14-8-5-4-6-9-14/h4-11H,2-3,12H2,1H3,(H,24,25,27). The zero-order valence-corrected chi connectivity index (χ0v) is 15.6. The maximum atomic E-state index is 12.4. The molecule has 0 aliphatic carbocycles. The minimum Gasteiger partial charge on any atom is -0.325 e. The van der Waals surface area contributed by atoms with Crippen molar-refractivity contribution in [2.75, 3.05) is 5.32 Å². The molecule has 0 aliphatic rings. The maximum absolute atomic E-state index is 12.4. The van der Waals surface area contributed by atoms with Crippen LogP contribution in [0.5, 0.6) is 0 Å². The van der Waals surface area contributed by atoms with E-state index in [4.69, 9.17) is 11.6 Å². The first-order valence-corrected chi connectivity index (χ1v) is 8.57. The number of nitrogens with one attached hydrogen (secondary N) is 1. The quantitative estimate of drug-likeness (QED) is 0.633. The van der Waals surface area contributed by atoms with Gasteiger partial charge < -0.3 is 5.32 Å². The summed E-state index contributed by atoms with van der Waals surface area (Å²) in [5.41, 5.74) is 2.13. The van der Waals surface area contributed by atoms with E-state index >= 15 is 0 Å². The third-order valence-electron chi connectivity index (χ3n) is 4.14. The van der Waals surface area contributed by atoms with Crippen molar-refractivity contribution < 1.29 is 0 Å². The average molecular weight is 380 g/mol. The molecule has 27 heavy (non-hydrogen) atoms. The number of hydrogen-bond acceptors (Lipinski definition) is 5. The van der Waals surface area contributed by atoms with Crippen molar-refractivity contribution in [1.82, 2.24) is 9.55 Å². The predicted octanol–water partition coefficient (Wildman–Crippen LogP) is 4.66. The van der Waals surface area contributed by atoms with Crippen LogP contribution in [0.25, 0.3) is 0 Å². The summed E-state index contributed by atoms with van der Waals surface area (Å²) in [4.78, 5) is 24.3. The van der Waals surface area contributed by atoms with Crippen LogP contribution in [0.4, 0.5) is 23.1 Å². The van der Waals surface area contributed by atoms with Gasteiger partial charge in [0.2, 0.25) is 5.95 Å². The van der Waals surface area contributed by atoms with Crippen LogP contribution < -0.4 is 10.9 Å². The highest BCUT2D eigenvalue weighted by Crippen LogP contribution is 2.30. The van der Waals surface area contributed by atoms with Crippen molar-refractivity contribution in [3.8, 4) is 0 Å². The van der Waals surface area contributed by atoms with Crippen LogP contribution >= 0.6 is 11.6 Å². The molecular formula is C20H18ClN5O. The number of halogens is 1. The molecule has 0 bridgehead atoms. The van der Waals surface area contributed by atoms with Crippen molar-refractivity contribution in [3.05, 3.63) is 75.0 Å². The summed E-state index contributed by atoms with van der Waals surface area (Å²) in [6, 6.07) is 15.2. The van der Waals surface area contributed by atoms with Crippen LogP contribution in [-0.2, 0) is 6.54 Å². The fourth-order valence-electron chi connectivity index (χ4n) is 2.71. The summed E-state index contributed by atoms with van der Waals surface area (Å²) in [7, 11) is 0. The third kappa shape index (κ3) is 3.80. The second-order valence-corrected chi connectivity index (χ2v) is 6.25. The fraction of sp³-hybridized carbons (Fsp3) is 0.100. The Morgan fingerprint density at radius 3 is 2.52 bits per heavy atom. The summed E-state index contributed by atoms with van der Waals surface area (Å²) in [5.74, 6) is 0.625. The van der Waals surface area contributed by atoms with Gasteiger partial charge in [-0.1, -0.05) is 48.0 Å². The molecule has 0 amide bonds. The minimum atomic E-state index is -0.529. The van der Waals surface area contributed by atoms with Crippen LogP contribution in [0.2, 0.25) is 5.02 Å². The highest BCUT2D eigenvalue weighted by molar-refractivity contribution is 6.31. The Labute approximate surface area is 161 Å². The summed E-state index contributed by atoms with van der Waals surface area (Å²) in [5, 5.41) is 3.80. The monoisotopic (exact) mass is 379 g/mol. The van der Waals surface area contributed by atoms with Crippen molar-refractivity contribution in [1.29, 1.82) is 0 Å². The van der Waals surface area contributed by atoms with E-state index in [0.717, 1.165) is 16.8 Å². The number of benzene rings is 2. The van der Waals surface area contributed by atoms with E-state index in [-0.39, 0.29) is 5.69 Å². The van der Waals surface area contributed by atoms with Gasteiger partial charge in [0.1, 0.15) is 0 Å². The van der Waals surface area contributed by atoms with Crippen LogP contribution in [0.1, 0.15) is 11.1 Å². The number of rotatable bonds is 6. The first-order valence-electron chi connectivity index (χ1n) is 8.19. The Hall–Kier alpha value is -3.25. The van der Waals surface area contributed by atoms with E-state index in [1.807, 2.05) is 49.4 Å². The molecule has 0 saturated heterocycles. The Morgan fingerprint density at radius 1 is 1.11 bits per heavy atom. The molecule has 0 saturated carbocycles. The zero-order valence-electron chi connectivity index (χ0n) is 14.8. The fourth-order valence-corrected chi connectivity index (χ4v) is 2.88. The van der Waals surface area contributed by atoms with Gasteiger partial charge in [0, 0.05) is 10.7 Å². The maximum Gasteiger partial charge on any atom is 0.302 e. The van der Waals surface area contributed by atoms with Crippen molar-refractivity contribution >= 4 is 48.2 Å². The highest BCUT2D eigenvalue weighted by Gasteiger charge is 2.17. The Morgan fingerprint density at radius 2 is 1.85 bits per heavy atom. The number of nitrogens with zero attached hydrogens (tertiary/aromatic N) is 4. The second-order valence-electron chi connectivity index (χ2n) is 5.84. The molecule has 1 aromatic heterocycles. The SMILES string of the molecule is C=Nc1c(N=C)n(Cc2ccccc2)c(Nc2cccc(Cl)c2C)nc1=O. The smallest absolute Gasteiger partial charge is 0.302 e. The number of anilines is 2. The summed E-state index contributed by atoms with van der Waals surface area (Å²) < 4.78 is 1.74. The summed E-state index contributed by atoms with van der Waals surface area (Å²) in [6.45, 7) is 9.36. The van der Waals surface area contributed by atoms with E-state index in [2.05, 4.69) is 33.7 Å². The Bertz CT molecular complexity index is 1060. The Balaban J connectivity index is 2.18. The van der Waals surface area contributed by atoms with E-state index in [0.29, 0.717) is 23.3 Å². The lowest BCUT2D eigenvalue weighted by Gasteiger charge is -2.18. The first kappa shape index (κ1) is 18.5. The number of aromatic nitrogens is 2. The largest absolute Gasteiger partial charge is 0.325 e. The van der Waals surface area contributed by atoms with Gasteiger partial charge in [0.25, 0.3) is 0 Å². The van der Waals surface area contributed by atoms with E-state index in [9.17, 15) is 4.79 Å². The van der Waals surface area contributed by atoms with Gasteiger partial charge in [-0.05, 0) is 43.6 Å². The molecule has 1 N–H and O–H groups in total. The molecule has 0 radical (unpaired) electrons. The van der Waals surface area contributed by atoms with Gasteiger partial charge >= 0.3 is 5.56 Å². The van der Waals surface area contributed by atoms with Gasteiger partial charge in [-0.25, -0.2) is 4.99 Å².